The van der Waals surface area contributed by atoms with Crippen LogP contribution in [0.2, 0.25) is 5.02 Å². The summed E-state index contributed by atoms with van der Waals surface area (Å²) in [4.78, 5) is 8.88. The van der Waals surface area contributed by atoms with Gasteiger partial charge in [-0.1, -0.05) is 22.9 Å². The molecule has 9 heteroatoms. The number of hydrogen-bond donors (Lipinski definition) is 3. The molecule has 1 atom stereocenters. The molecule has 0 radical (unpaired) electrons. The first kappa shape index (κ1) is 15.4. The standard InChI is InChI=1S/C14H17ClN8/c1-8(16)7-17-14-19-12(11-13(20-14)23(2)22-21-11)18-10-5-3-4-9(15)6-10/h3-6,8H,7,16H2,1-2H3,(H2,17,18,19,20). The Labute approximate surface area is 138 Å². The average Bonchev–Trinajstić information content (AvgIpc) is 2.87. The van der Waals surface area contributed by atoms with Crippen LogP contribution < -0.4 is 16.4 Å². The average molecular weight is 333 g/mol. The van der Waals surface area contributed by atoms with Crippen LogP contribution in [0, 0.1) is 0 Å². The van der Waals surface area contributed by atoms with Gasteiger partial charge in [0.25, 0.3) is 0 Å². The van der Waals surface area contributed by atoms with Crippen LogP contribution in [0.3, 0.4) is 0 Å². The maximum Gasteiger partial charge on any atom is 0.226 e. The lowest BCUT2D eigenvalue weighted by molar-refractivity contribution is 0.729. The Bertz CT molecular complexity index is 829. The summed E-state index contributed by atoms with van der Waals surface area (Å²) in [6, 6.07) is 7.35. The van der Waals surface area contributed by atoms with Crippen molar-refractivity contribution in [3.63, 3.8) is 0 Å². The highest BCUT2D eigenvalue weighted by molar-refractivity contribution is 6.30. The van der Waals surface area contributed by atoms with Gasteiger partial charge in [-0.15, -0.1) is 5.10 Å². The molecule has 0 saturated heterocycles. The lowest BCUT2D eigenvalue weighted by Gasteiger charge is -2.11. The first-order valence-electron chi connectivity index (χ1n) is 7.12. The summed E-state index contributed by atoms with van der Waals surface area (Å²) in [5, 5.41) is 15.1. The number of aryl methyl sites for hydroxylation is 1. The number of rotatable bonds is 5. The minimum atomic E-state index is -0.0108. The molecule has 0 fully saturated rings. The van der Waals surface area contributed by atoms with Crippen LogP contribution in [-0.2, 0) is 7.05 Å². The second kappa shape index (κ2) is 6.35. The second-order valence-corrected chi connectivity index (χ2v) is 5.71. The smallest absolute Gasteiger partial charge is 0.226 e. The van der Waals surface area contributed by atoms with E-state index in [0.717, 1.165) is 5.69 Å². The zero-order chi connectivity index (χ0) is 16.4. The first-order valence-corrected chi connectivity index (χ1v) is 7.50. The molecule has 2 aromatic heterocycles. The van der Waals surface area contributed by atoms with E-state index >= 15 is 0 Å². The lowest BCUT2D eigenvalue weighted by Crippen LogP contribution is -2.26. The van der Waals surface area contributed by atoms with Crippen LogP contribution in [0.4, 0.5) is 17.5 Å². The fourth-order valence-electron chi connectivity index (χ4n) is 2.04. The van der Waals surface area contributed by atoms with Crippen LogP contribution in [0.5, 0.6) is 0 Å². The third kappa shape index (κ3) is 3.49. The topological polar surface area (TPSA) is 107 Å². The summed E-state index contributed by atoms with van der Waals surface area (Å²) in [6.45, 7) is 2.47. The van der Waals surface area contributed by atoms with Gasteiger partial charge in [0.2, 0.25) is 5.95 Å². The molecule has 1 unspecified atom stereocenters. The van der Waals surface area contributed by atoms with Gasteiger partial charge in [-0.3, -0.25) is 0 Å². The highest BCUT2D eigenvalue weighted by Crippen LogP contribution is 2.24. The predicted molar refractivity (Wildman–Crippen MR) is 91.0 cm³/mol. The van der Waals surface area contributed by atoms with Gasteiger partial charge in [-0.05, 0) is 25.1 Å². The molecule has 2 heterocycles. The summed E-state index contributed by atoms with van der Waals surface area (Å²) in [5.74, 6) is 1.02. The molecule has 23 heavy (non-hydrogen) atoms. The number of fused-ring (bicyclic) bond motifs is 1. The molecule has 0 aliphatic heterocycles. The van der Waals surface area contributed by atoms with Crippen LogP contribution in [-0.4, -0.2) is 37.5 Å². The zero-order valence-corrected chi connectivity index (χ0v) is 13.5. The van der Waals surface area contributed by atoms with Crippen molar-refractivity contribution in [2.45, 2.75) is 13.0 Å². The summed E-state index contributed by atoms with van der Waals surface area (Å²) in [6.07, 6.45) is 0. The fraction of sp³-hybridized carbons (Fsp3) is 0.286. The Morgan fingerprint density at radius 2 is 2.17 bits per heavy atom. The van der Waals surface area contributed by atoms with Crippen molar-refractivity contribution in [3.05, 3.63) is 29.3 Å². The van der Waals surface area contributed by atoms with Crippen LogP contribution >= 0.6 is 11.6 Å². The van der Waals surface area contributed by atoms with E-state index in [1.807, 2.05) is 19.1 Å². The number of benzene rings is 1. The molecule has 8 nitrogen and oxygen atoms in total. The van der Waals surface area contributed by atoms with E-state index in [9.17, 15) is 0 Å². The highest BCUT2D eigenvalue weighted by atomic mass is 35.5. The summed E-state index contributed by atoms with van der Waals surface area (Å²) in [5.41, 5.74) is 7.77. The molecule has 120 valence electrons. The molecule has 0 saturated carbocycles. The Kier molecular flexibility index (Phi) is 4.26. The first-order chi connectivity index (χ1) is 11.0. The van der Waals surface area contributed by atoms with E-state index < -0.39 is 0 Å². The number of nitrogens with one attached hydrogen (secondary N) is 2. The van der Waals surface area contributed by atoms with Gasteiger partial charge in [0, 0.05) is 30.3 Å². The monoisotopic (exact) mass is 332 g/mol. The third-order valence-corrected chi connectivity index (χ3v) is 3.36. The second-order valence-electron chi connectivity index (χ2n) is 5.27. The maximum absolute atomic E-state index is 6.02. The molecule has 0 amide bonds. The van der Waals surface area contributed by atoms with Gasteiger partial charge >= 0.3 is 0 Å². The van der Waals surface area contributed by atoms with Crippen molar-refractivity contribution in [1.29, 1.82) is 0 Å². The van der Waals surface area contributed by atoms with Gasteiger partial charge in [0.1, 0.15) is 0 Å². The van der Waals surface area contributed by atoms with Gasteiger partial charge < -0.3 is 16.4 Å². The SMILES string of the molecule is CC(N)CNc1nc(Nc2cccc(Cl)c2)c2nnn(C)c2n1. The molecule has 1 aromatic carbocycles. The molecule has 0 bridgehead atoms. The van der Waals surface area contributed by atoms with Crippen LogP contribution in [0.15, 0.2) is 24.3 Å². The van der Waals surface area contributed by atoms with Crippen molar-refractivity contribution in [1.82, 2.24) is 25.0 Å². The predicted octanol–water partition coefficient (Wildman–Crippen LogP) is 1.91. The number of hydrogen-bond acceptors (Lipinski definition) is 7. The minimum absolute atomic E-state index is 0.0108. The molecular formula is C14H17ClN8. The molecular weight excluding hydrogens is 316 g/mol. The molecule has 0 aliphatic rings. The summed E-state index contributed by atoms with van der Waals surface area (Å²) >= 11 is 6.02. The van der Waals surface area contributed by atoms with Crippen LogP contribution in [0.1, 0.15) is 6.92 Å². The number of anilines is 3. The lowest BCUT2D eigenvalue weighted by atomic mass is 10.3. The molecule has 3 rings (SSSR count). The van der Waals surface area contributed by atoms with Crippen LogP contribution in [0.25, 0.3) is 11.2 Å². The Balaban J connectivity index is 1.99. The summed E-state index contributed by atoms with van der Waals surface area (Å²) < 4.78 is 1.59. The third-order valence-electron chi connectivity index (χ3n) is 3.12. The Hall–Kier alpha value is -2.45. The molecule has 0 spiro atoms. The van der Waals surface area contributed by atoms with E-state index in [0.29, 0.717) is 34.5 Å². The fourth-order valence-corrected chi connectivity index (χ4v) is 2.23. The zero-order valence-electron chi connectivity index (χ0n) is 12.8. The van der Waals surface area contributed by atoms with E-state index in [-0.39, 0.29) is 6.04 Å². The van der Waals surface area contributed by atoms with Gasteiger partial charge in [-0.2, -0.15) is 9.97 Å². The Morgan fingerprint density at radius 3 is 2.91 bits per heavy atom. The van der Waals surface area contributed by atoms with E-state index in [1.165, 1.54) is 0 Å². The van der Waals surface area contributed by atoms with Crippen molar-refractivity contribution in [3.8, 4) is 0 Å². The van der Waals surface area contributed by atoms with Crippen molar-refractivity contribution in [2.24, 2.45) is 12.8 Å². The number of nitrogens with zero attached hydrogens (tertiary/aromatic N) is 5. The number of aromatic nitrogens is 5. The minimum Gasteiger partial charge on any atom is -0.353 e. The number of nitrogens with two attached hydrogens (primary N) is 1. The Morgan fingerprint density at radius 1 is 1.35 bits per heavy atom. The van der Waals surface area contributed by atoms with Crippen molar-refractivity contribution < 1.29 is 0 Å². The maximum atomic E-state index is 6.02. The van der Waals surface area contributed by atoms with Gasteiger partial charge in [0.15, 0.2) is 17.0 Å². The largest absolute Gasteiger partial charge is 0.353 e. The van der Waals surface area contributed by atoms with Gasteiger partial charge in [-0.25, -0.2) is 4.68 Å². The number of halogens is 1. The highest BCUT2D eigenvalue weighted by Gasteiger charge is 2.13. The van der Waals surface area contributed by atoms with E-state index in [2.05, 4.69) is 30.9 Å². The normalized spacial score (nSPS) is 12.3. The van der Waals surface area contributed by atoms with E-state index in [4.69, 9.17) is 17.3 Å². The van der Waals surface area contributed by atoms with Gasteiger partial charge in [0.05, 0.1) is 0 Å². The molecule has 4 N–H and O–H groups in total. The van der Waals surface area contributed by atoms with Crippen molar-refractivity contribution >= 4 is 40.2 Å². The molecule has 3 aromatic rings. The van der Waals surface area contributed by atoms with E-state index in [1.54, 1.807) is 23.9 Å². The van der Waals surface area contributed by atoms with Crippen molar-refractivity contribution in [2.75, 3.05) is 17.2 Å². The quantitative estimate of drug-likeness (QED) is 0.655. The summed E-state index contributed by atoms with van der Waals surface area (Å²) in [7, 11) is 1.78. The molecule has 0 aliphatic carbocycles.